The third-order valence-corrected chi connectivity index (χ3v) is 5.14. The molecule has 1 heterocycles. The van der Waals surface area contributed by atoms with Gasteiger partial charge in [0.25, 0.3) is 5.91 Å². The molecule has 0 fully saturated rings. The van der Waals surface area contributed by atoms with E-state index in [0.29, 0.717) is 29.4 Å². The molecule has 2 N–H and O–H groups in total. The molecule has 174 valence electrons. The van der Waals surface area contributed by atoms with Gasteiger partial charge in [-0.25, -0.2) is 0 Å². The molecule has 1 aliphatic heterocycles. The highest BCUT2D eigenvalue weighted by molar-refractivity contribution is 6.05. The molecule has 4 rings (SSSR count). The van der Waals surface area contributed by atoms with Gasteiger partial charge in [0, 0.05) is 11.4 Å². The molecule has 0 aliphatic carbocycles. The van der Waals surface area contributed by atoms with E-state index in [0.717, 1.165) is 11.3 Å². The van der Waals surface area contributed by atoms with E-state index < -0.39 is 0 Å². The summed E-state index contributed by atoms with van der Waals surface area (Å²) in [5, 5.41) is 5.62. The van der Waals surface area contributed by atoms with Crippen LogP contribution in [0.2, 0.25) is 0 Å². The minimum absolute atomic E-state index is 0.158. The van der Waals surface area contributed by atoms with Crippen LogP contribution in [0.25, 0.3) is 0 Å². The Balaban J connectivity index is 1.43. The summed E-state index contributed by atoms with van der Waals surface area (Å²) in [6.45, 7) is 2.16. The van der Waals surface area contributed by atoms with Gasteiger partial charge in [-0.3, -0.25) is 19.3 Å². The van der Waals surface area contributed by atoms with E-state index in [4.69, 9.17) is 9.47 Å². The number of ether oxygens (including phenoxy) is 2. The molecule has 0 radical (unpaired) electrons. The number of nitrogens with one attached hydrogen (secondary N) is 2. The number of fused-ring (bicyclic) bond motifs is 1. The minimum Gasteiger partial charge on any atom is -0.494 e. The molecule has 0 aromatic heterocycles. The lowest BCUT2D eigenvalue weighted by Gasteiger charge is -2.29. The largest absolute Gasteiger partial charge is 0.494 e. The number of benzene rings is 3. The fraction of sp³-hybridized carbons (Fsp3) is 0.192. The van der Waals surface area contributed by atoms with Crippen LogP contribution in [0.15, 0.2) is 72.8 Å². The molecule has 1 aliphatic rings. The predicted molar refractivity (Wildman–Crippen MR) is 129 cm³/mol. The van der Waals surface area contributed by atoms with Crippen LogP contribution in [0.4, 0.5) is 17.1 Å². The van der Waals surface area contributed by atoms with Crippen LogP contribution in [0, 0.1) is 0 Å². The molecular weight excluding hydrogens is 434 g/mol. The summed E-state index contributed by atoms with van der Waals surface area (Å²) in [5.41, 5.74) is 2.42. The first-order valence-electron chi connectivity index (χ1n) is 11.0. The summed E-state index contributed by atoms with van der Waals surface area (Å²) in [6.07, 6.45) is 0.183. The SMILES string of the molecule is CCOc1ccc(CC(=O)Nc2ccc3c(c2)N(CC(=O)Nc2ccccc2)C(=O)CO3)cc1. The van der Waals surface area contributed by atoms with Crippen molar-refractivity contribution in [1.82, 2.24) is 0 Å². The van der Waals surface area contributed by atoms with Crippen molar-refractivity contribution in [2.75, 3.05) is 35.3 Å². The molecule has 0 bridgehead atoms. The number of amides is 3. The highest BCUT2D eigenvalue weighted by atomic mass is 16.5. The van der Waals surface area contributed by atoms with Gasteiger partial charge in [-0.1, -0.05) is 30.3 Å². The van der Waals surface area contributed by atoms with Crippen molar-refractivity contribution >= 4 is 34.8 Å². The smallest absolute Gasteiger partial charge is 0.265 e. The summed E-state index contributed by atoms with van der Waals surface area (Å²) >= 11 is 0. The average Bonchev–Trinajstić information content (AvgIpc) is 2.83. The van der Waals surface area contributed by atoms with Gasteiger partial charge in [-0.05, 0) is 55.0 Å². The fourth-order valence-electron chi connectivity index (χ4n) is 3.58. The summed E-state index contributed by atoms with van der Waals surface area (Å²) in [4.78, 5) is 39.0. The van der Waals surface area contributed by atoms with Crippen molar-refractivity contribution in [2.45, 2.75) is 13.3 Å². The molecule has 0 atom stereocenters. The Bertz CT molecular complexity index is 1180. The van der Waals surface area contributed by atoms with Crippen molar-refractivity contribution in [3.05, 3.63) is 78.4 Å². The molecule has 3 aromatic carbocycles. The third kappa shape index (κ3) is 5.72. The molecule has 8 nitrogen and oxygen atoms in total. The maximum atomic E-state index is 12.6. The van der Waals surface area contributed by atoms with Gasteiger partial charge in [0.2, 0.25) is 11.8 Å². The lowest BCUT2D eigenvalue weighted by Crippen LogP contribution is -2.43. The van der Waals surface area contributed by atoms with Crippen molar-refractivity contribution < 1.29 is 23.9 Å². The minimum atomic E-state index is -0.339. The van der Waals surface area contributed by atoms with Gasteiger partial charge in [0.1, 0.15) is 18.0 Å². The van der Waals surface area contributed by atoms with Crippen LogP contribution in [-0.2, 0) is 20.8 Å². The van der Waals surface area contributed by atoms with Crippen LogP contribution < -0.4 is 25.0 Å². The van der Waals surface area contributed by atoms with Gasteiger partial charge < -0.3 is 20.1 Å². The van der Waals surface area contributed by atoms with Crippen LogP contribution in [0.1, 0.15) is 12.5 Å². The van der Waals surface area contributed by atoms with Gasteiger partial charge in [0.15, 0.2) is 6.61 Å². The van der Waals surface area contributed by atoms with Gasteiger partial charge in [-0.2, -0.15) is 0 Å². The van der Waals surface area contributed by atoms with E-state index in [-0.39, 0.29) is 37.3 Å². The van der Waals surface area contributed by atoms with Crippen molar-refractivity contribution in [1.29, 1.82) is 0 Å². The number of anilines is 3. The number of rotatable bonds is 8. The monoisotopic (exact) mass is 459 g/mol. The van der Waals surface area contributed by atoms with Gasteiger partial charge >= 0.3 is 0 Å². The highest BCUT2D eigenvalue weighted by Gasteiger charge is 2.28. The lowest BCUT2D eigenvalue weighted by molar-refractivity contribution is -0.123. The maximum absolute atomic E-state index is 12.6. The van der Waals surface area contributed by atoms with Gasteiger partial charge in [-0.15, -0.1) is 0 Å². The molecule has 8 heteroatoms. The zero-order valence-corrected chi connectivity index (χ0v) is 18.7. The van der Waals surface area contributed by atoms with E-state index in [1.165, 1.54) is 4.90 Å². The maximum Gasteiger partial charge on any atom is 0.265 e. The van der Waals surface area contributed by atoms with Crippen LogP contribution >= 0.6 is 0 Å². The Morgan fingerprint density at radius 3 is 2.41 bits per heavy atom. The first kappa shape index (κ1) is 22.8. The second-order valence-electron chi connectivity index (χ2n) is 7.67. The number of carbonyl (C=O) groups is 3. The molecule has 34 heavy (non-hydrogen) atoms. The summed E-state index contributed by atoms with van der Waals surface area (Å²) in [5.74, 6) is 0.338. The zero-order valence-electron chi connectivity index (χ0n) is 18.7. The Morgan fingerprint density at radius 2 is 1.68 bits per heavy atom. The first-order valence-corrected chi connectivity index (χ1v) is 11.0. The number of para-hydroxylation sites is 1. The van der Waals surface area contributed by atoms with Crippen molar-refractivity contribution in [2.24, 2.45) is 0 Å². The van der Waals surface area contributed by atoms with Gasteiger partial charge in [0.05, 0.1) is 18.7 Å². The van der Waals surface area contributed by atoms with Crippen molar-refractivity contribution in [3.8, 4) is 11.5 Å². The first-order chi connectivity index (χ1) is 16.5. The topological polar surface area (TPSA) is 97.0 Å². The number of hydrogen-bond acceptors (Lipinski definition) is 5. The zero-order chi connectivity index (χ0) is 23.9. The van der Waals surface area contributed by atoms with Crippen molar-refractivity contribution in [3.63, 3.8) is 0 Å². The standard InChI is InChI=1S/C26H25N3O5/c1-2-33-21-11-8-18(9-12-21)14-24(30)28-20-10-13-23-22(15-20)29(26(32)17-34-23)16-25(31)27-19-6-4-3-5-7-19/h3-13,15H,2,14,16-17H2,1H3,(H,27,31)(H,28,30). The van der Waals surface area contributed by atoms with E-state index in [2.05, 4.69) is 10.6 Å². The van der Waals surface area contributed by atoms with Crippen LogP contribution in [0.3, 0.4) is 0 Å². The third-order valence-electron chi connectivity index (χ3n) is 5.14. The van der Waals surface area contributed by atoms with Crippen LogP contribution in [0.5, 0.6) is 11.5 Å². The molecular formula is C26H25N3O5. The molecule has 0 spiro atoms. The Hall–Kier alpha value is -4.33. The summed E-state index contributed by atoms with van der Waals surface area (Å²) < 4.78 is 10.9. The number of hydrogen-bond donors (Lipinski definition) is 2. The second kappa shape index (κ2) is 10.5. The normalized spacial score (nSPS) is 12.4. The quantitative estimate of drug-likeness (QED) is 0.536. The summed E-state index contributed by atoms with van der Waals surface area (Å²) in [6, 6.07) is 21.4. The van der Waals surface area contributed by atoms with E-state index in [1.807, 2.05) is 49.4 Å². The average molecular weight is 460 g/mol. The Morgan fingerprint density at radius 1 is 0.941 bits per heavy atom. The molecule has 0 saturated carbocycles. The van der Waals surface area contributed by atoms with E-state index in [9.17, 15) is 14.4 Å². The Kier molecular flexibility index (Phi) is 7.07. The lowest BCUT2D eigenvalue weighted by atomic mass is 10.1. The molecule has 3 aromatic rings. The van der Waals surface area contributed by atoms with E-state index >= 15 is 0 Å². The van der Waals surface area contributed by atoms with Crippen LogP contribution in [-0.4, -0.2) is 37.5 Å². The molecule has 3 amide bonds. The molecule has 0 saturated heterocycles. The second-order valence-corrected chi connectivity index (χ2v) is 7.67. The highest BCUT2D eigenvalue weighted by Crippen LogP contribution is 2.34. The predicted octanol–water partition coefficient (Wildman–Crippen LogP) is 3.63. The number of nitrogens with zero attached hydrogens (tertiary/aromatic N) is 1. The number of carbonyl (C=O) groups excluding carboxylic acids is 3. The Labute approximate surface area is 197 Å². The molecule has 0 unspecified atom stereocenters. The fourth-order valence-corrected chi connectivity index (χ4v) is 3.58. The van der Waals surface area contributed by atoms with E-state index in [1.54, 1.807) is 30.3 Å². The summed E-state index contributed by atoms with van der Waals surface area (Å²) in [7, 11) is 0.